The van der Waals surface area contributed by atoms with Gasteiger partial charge in [0.05, 0.1) is 13.1 Å². The molecule has 17 heavy (non-hydrogen) atoms. The molecule has 2 rings (SSSR count). The van der Waals surface area contributed by atoms with Crippen LogP contribution in [0.15, 0.2) is 11.4 Å². The zero-order valence-electron chi connectivity index (χ0n) is 9.66. The van der Waals surface area contributed by atoms with Gasteiger partial charge in [-0.3, -0.25) is 4.79 Å². The number of carbonyl (C=O) groups is 1. The zero-order chi connectivity index (χ0) is 12.1. The summed E-state index contributed by atoms with van der Waals surface area (Å²) in [6.07, 6.45) is 3.28. The average Bonchev–Trinajstić information content (AvgIpc) is 2.69. The molecule has 1 heterocycles. The second-order valence-corrected chi connectivity index (χ2v) is 5.15. The first-order valence-electron chi connectivity index (χ1n) is 5.83. The molecule has 0 unspecified atom stereocenters. The quantitative estimate of drug-likeness (QED) is 0.796. The first-order valence-corrected chi connectivity index (χ1v) is 6.71. The summed E-state index contributed by atoms with van der Waals surface area (Å²) < 4.78 is 0. The Hall–Kier alpha value is -1.31. The van der Waals surface area contributed by atoms with Crippen LogP contribution in [-0.2, 0) is 11.3 Å². The molecule has 0 spiro atoms. The van der Waals surface area contributed by atoms with E-state index in [1.54, 1.807) is 11.3 Å². The molecule has 1 aliphatic rings. The second-order valence-electron chi connectivity index (χ2n) is 4.15. The molecule has 0 saturated heterocycles. The Kier molecular flexibility index (Phi) is 4.18. The lowest BCUT2D eigenvalue weighted by atomic mass is 9.85. The SMILES string of the molecule is NCC#Cc1csc(CNC(=O)C2CCC2)c1. The van der Waals surface area contributed by atoms with Gasteiger partial charge in [0.2, 0.25) is 5.91 Å². The van der Waals surface area contributed by atoms with Gasteiger partial charge in [-0.25, -0.2) is 0 Å². The Morgan fingerprint density at radius 2 is 2.41 bits per heavy atom. The second kappa shape index (κ2) is 5.85. The number of rotatable bonds is 3. The van der Waals surface area contributed by atoms with Crippen molar-refractivity contribution in [3.63, 3.8) is 0 Å². The lowest BCUT2D eigenvalue weighted by Crippen LogP contribution is -2.33. The molecule has 0 atom stereocenters. The van der Waals surface area contributed by atoms with Gasteiger partial charge in [0.15, 0.2) is 0 Å². The van der Waals surface area contributed by atoms with Crippen LogP contribution >= 0.6 is 11.3 Å². The van der Waals surface area contributed by atoms with Crippen molar-refractivity contribution in [2.24, 2.45) is 11.7 Å². The van der Waals surface area contributed by atoms with E-state index < -0.39 is 0 Å². The summed E-state index contributed by atoms with van der Waals surface area (Å²) >= 11 is 1.62. The third kappa shape index (κ3) is 3.32. The summed E-state index contributed by atoms with van der Waals surface area (Å²) in [5, 5.41) is 4.96. The lowest BCUT2D eigenvalue weighted by Gasteiger charge is -2.23. The van der Waals surface area contributed by atoms with Gasteiger partial charge in [-0.2, -0.15) is 0 Å². The first-order chi connectivity index (χ1) is 8.29. The fourth-order valence-corrected chi connectivity index (χ4v) is 2.44. The Balaban J connectivity index is 1.82. The van der Waals surface area contributed by atoms with Crippen LogP contribution in [0.2, 0.25) is 0 Å². The maximum atomic E-state index is 11.6. The van der Waals surface area contributed by atoms with Crippen molar-refractivity contribution in [3.05, 3.63) is 21.9 Å². The van der Waals surface area contributed by atoms with E-state index >= 15 is 0 Å². The largest absolute Gasteiger partial charge is 0.351 e. The molecular weight excluding hydrogens is 232 g/mol. The van der Waals surface area contributed by atoms with Crippen molar-refractivity contribution < 1.29 is 4.79 Å². The van der Waals surface area contributed by atoms with Crippen LogP contribution in [0.5, 0.6) is 0 Å². The summed E-state index contributed by atoms with van der Waals surface area (Å²) in [4.78, 5) is 12.8. The van der Waals surface area contributed by atoms with Gasteiger partial charge in [0.1, 0.15) is 0 Å². The van der Waals surface area contributed by atoms with Gasteiger partial charge in [0, 0.05) is 21.7 Å². The van der Waals surface area contributed by atoms with Crippen LogP contribution in [-0.4, -0.2) is 12.5 Å². The molecule has 90 valence electrons. The summed E-state index contributed by atoms with van der Waals surface area (Å²) in [5.41, 5.74) is 6.29. The summed E-state index contributed by atoms with van der Waals surface area (Å²) in [6.45, 7) is 0.994. The molecule has 0 radical (unpaired) electrons. The van der Waals surface area contributed by atoms with Gasteiger partial charge < -0.3 is 11.1 Å². The molecule has 0 bridgehead atoms. The molecule has 1 fully saturated rings. The van der Waals surface area contributed by atoms with Gasteiger partial charge in [-0.05, 0) is 18.9 Å². The molecule has 0 aliphatic heterocycles. The molecular formula is C13H16N2OS. The van der Waals surface area contributed by atoms with Crippen molar-refractivity contribution in [1.29, 1.82) is 0 Å². The van der Waals surface area contributed by atoms with Gasteiger partial charge in [-0.15, -0.1) is 11.3 Å². The molecule has 3 nitrogen and oxygen atoms in total. The van der Waals surface area contributed by atoms with E-state index in [1.807, 2.05) is 11.4 Å². The normalized spacial score (nSPS) is 14.6. The van der Waals surface area contributed by atoms with E-state index in [-0.39, 0.29) is 11.8 Å². The molecule has 0 aromatic carbocycles. The van der Waals surface area contributed by atoms with E-state index in [2.05, 4.69) is 17.2 Å². The highest BCUT2D eigenvalue weighted by atomic mass is 32.1. The van der Waals surface area contributed by atoms with E-state index in [0.717, 1.165) is 23.3 Å². The summed E-state index contributed by atoms with van der Waals surface area (Å²) in [7, 11) is 0. The fraction of sp³-hybridized carbons (Fsp3) is 0.462. The van der Waals surface area contributed by atoms with Crippen LogP contribution in [0.4, 0.5) is 0 Å². The van der Waals surface area contributed by atoms with Crippen LogP contribution in [0.3, 0.4) is 0 Å². The van der Waals surface area contributed by atoms with Crippen LogP contribution < -0.4 is 11.1 Å². The van der Waals surface area contributed by atoms with Crippen molar-refractivity contribution in [3.8, 4) is 11.8 Å². The highest BCUT2D eigenvalue weighted by molar-refractivity contribution is 7.10. The Morgan fingerprint density at radius 1 is 1.59 bits per heavy atom. The van der Waals surface area contributed by atoms with E-state index in [0.29, 0.717) is 13.1 Å². The zero-order valence-corrected chi connectivity index (χ0v) is 10.5. The number of nitrogens with one attached hydrogen (secondary N) is 1. The molecule has 1 saturated carbocycles. The van der Waals surface area contributed by atoms with E-state index in [1.165, 1.54) is 6.42 Å². The van der Waals surface area contributed by atoms with Crippen LogP contribution in [0, 0.1) is 17.8 Å². The number of carbonyl (C=O) groups excluding carboxylic acids is 1. The van der Waals surface area contributed by atoms with Crippen molar-refractivity contribution in [2.45, 2.75) is 25.8 Å². The van der Waals surface area contributed by atoms with Crippen molar-refractivity contribution in [1.82, 2.24) is 5.32 Å². The minimum absolute atomic E-state index is 0.194. The first kappa shape index (κ1) is 12.2. The van der Waals surface area contributed by atoms with E-state index in [9.17, 15) is 4.79 Å². The molecule has 1 aromatic heterocycles. The third-order valence-corrected chi connectivity index (χ3v) is 3.84. The highest BCUT2D eigenvalue weighted by Crippen LogP contribution is 2.26. The predicted molar refractivity (Wildman–Crippen MR) is 69.4 cm³/mol. The molecule has 4 heteroatoms. The highest BCUT2D eigenvalue weighted by Gasteiger charge is 2.24. The summed E-state index contributed by atoms with van der Waals surface area (Å²) in [5.74, 6) is 6.25. The average molecular weight is 248 g/mol. The van der Waals surface area contributed by atoms with Gasteiger partial charge >= 0.3 is 0 Å². The molecule has 3 N–H and O–H groups in total. The Bertz CT molecular complexity index is 451. The van der Waals surface area contributed by atoms with Gasteiger partial charge in [0.25, 0.3) is 0 Å². The topological polar surface area (TPSA) is 55.1 Å². The number of nitrogens with two attached hydrogens (primary N) is 1. The maximum absolute atomic E-state index is 11.6. The molecule has 1 aliphatic carbocycles. The molecule has 1 aromatic rings. The van der Waals surface area contributed by atoms with Crippen LogP contribution in [0.25, 0.3) is 0 Å². The standard InChI is InChI=1S/C13H16N2OS/c14-6-2-3-10-7-12(17-9-10)8-15-13(16)11-4-1-5-11/h7,9,11H,1,4-6,8,14H2,(H,15,16). The number of thiophene rings is 1. The Labute approximate surface area is 105 Å². The Morgan fingerprint density at radius 3 is 3.06 bits per heavy atom. The number of hydrogen-bond acceptors (Lipinski definition) is 3. The van der Waals surface area contributed by atoms with Crippen molar-refractivity contribution in [2.75, 3.05) is 6.54 Å². The summed E-state index contributed by atoms with van der Waals surface area (Å²) in [6, 6.07) is 2.01. The lowest BCUT2D eigenvalue weighted by molar-refractivity contribution is -0.127. The molecule has 1 amide bonds. The smallest absolute Gasteiger partial charge is 0.223 e. The fourth-order valence-electron chi connectivity index (χ4n) is 1.68. The van der Waals surface area contributed by atoms with Gasteiger partial charge in [-0.1, -0.05) is 18.3 Å². The predicted octanol–water partition coefficient (Wildman–Crippen LogP) is 1.47. The number of hydrogen-bond donors (Lipinski definition) is 2. The van der Waals surface area contributed by atoms with E-state index in [4.69, 9.17) is 5.73 Å². The minimum atomic E-state index is 0.194. The maximum Gasteiger partial charge on any atom is 0.223 e. The number of amides is 1. The van der Waals surface area contributed by atoms with Crippen molar-refractivity contribution >= 4 is 17.2 Å². The minimum Gasteiger partial charge on any atom is -0.351 e. The monoisotopic (exact) mass is 248 g/mol. The van der Waals surface area contributed by atoms with Crippen LogP contribution in [0.1, 0.15) is 29.7 Å². The third-order valence-electron chi connectivity index (χ3n) is 2.90.